The van der Waals surface area contributed by atoms with E-state index >= 15 is 0 Å². The Hall–Kier alpha value is -0.160. The van der Waals surface area contributed by atoms with E-state index in [-0.39, 0.29) is 23.4 Å². The van der Waals surface area contributed by atoms with Crippen LogP contribution in [-0.4, -0.2) is 43.4 Å². The Morgan fingerprint density at radius 1 is 0.812 bits per heavy atom. The van der Waals surface area contributed by atoms with Gasteiger partial charge in [0.25, 0.3) is 0 Å². The molecule has 88 valence electrons. The van der Waals surface area contributed by atoms with Crippen LogP contribution in [-0.2, 0) is 18.9 Å². The van der Waals surface area contributed by atoms with E-state index in [1.807, 2.05) is 0 Å². The van der Waals surface area contributed by atoms with Crippen LogP contribution in [0, 0.1) is 17.3 Å². The quantitative estimate of drug-likeness (QED) is 0.563. The number of ether oxygens (including phenoxy) is 4. The maximum atomic E-state index is 6.05. The second-order valence-corrected chi connectivity index (χ2v) is 6.65. The summed E-state index contributed by atoms with van der Waals surface area (Å²) in [5, 5.41) is 0. The number of fused-ring (bicyclic) bond motifs is 10. The van der Waals surface area contributed by atoms with Crippen LogP contribution in [0.2, 0.25) is 0 Å². The third-order valence-corrected chi connectivity index (χ3v) is 4.82. The summed E-state index contributed by atoms with van der Waals surface area (Å²) in [6.07, 6.45) is 1.21. The second-order valence-electron chi connectivity index (χ2n) is 6.65. The Kier molecular flexibility index (Phi) is 1.23. The number of epoxide rings is 1. The molecule has 1 saturated carbocycles. The molecule has 5 rings (SSSR count). The average Bonchev–Trinajstić information content (AvgIpc) is 3.11. The van der Waals surface area contributed by atoms with E-state index in [9.17, 15) is 0 Å². The molecule has 0 N–H and O–H groups in total. The molecular formula is C12H16O4. The Morgan fingerprint density at radius 2 is 1.31 bits per heavy atom. The van der Waals surface area contributed by atoms with Crippen molar-refractivity contribution in [1.82, 2.24) is 0 Å². The summed E-state index contributed by atoms with van der Waals surface area (Å²) in [6, 6.07) is 0. The zero-order valence-corrected chi connectivity index (χ0v) is 9.51. The smallest absolute Gasteiger partial charge is 0.180 e. The fraction of sp³-hybridized carbons (Fsp3) is 1.00. The number of rotatable bonds is 0. The van der Waals surface area contributed by atoms with Crippen molar-refractivity contribution in [3.63, 3.8) is 0 Å². The van der Waals surface area contributed by atoms with Crippen LogP contribution < -0.4 is 0 Å². The number of hydrogen-bond donors (Lipinski definition) is 0. The molecule has 0 aromatic rings. The van der Waals surface area contributed by atoms with Crippen molar-refractivity contribution in [3.8, 4) is 0 Å². The van der Waals surface area contributed by atoms with Gasteiger partial charge in [-0.25, -0.2) is 0 Å². The highest BCUT2D eigenvalue weighted by molar-refractivity contribution is 5.30. The number of hydrogen-bond acceptors (Lipinski definition) is 4. The van der Waals surface area contributed by atoms with Crippen LogP contribution >= 0.6 is 0 Å². The summed E-state index contributed by atoms with van der Waals surface area (Å²) in [6.45, 7) is 5.97. The van der Waals surface area contributed by atoms with Crippen molar-refractivity contribution in [2.45, 2.75) is 44.1 Å². The molecule has 16 heavy (non-hydrogen) atoms. The first-order chi connectivity index (χ1) is 7.62. The van der Waals surface area contributed by atoms with Crippen molar-refractivity contribution < 1.29 is 18.9 Å². The molecule has 4 aliphatic heterocycles. The van der Waals surface area contributed by atoms with Crippen molar-refractivity contribution >= 4 is 0 Å². The topological polar surface area (TPSA) is 40.2 Å². The minimum absolute atomic E-state index is 0.154. The van der Waals surface area contributed by atoms with Crippen LogP contribution in [0.4, 0.5) is 0 Å². The summed E-state index contributed by atoms with van der Waals surface area (Å²) in [4.78, 5) is 0. The van der Waals surface area contributed by atoms with Gasteiger partial charge in [0.15, 0.2) is 5.79 Å². The molecule has 4 nitrogen and oxygen atoms in total. The van der Waals surface area contributed by atoms with Crippen molar-refractivity contribution in [2.75, 3.05) is 13.2 Å². The van der Waals surface area contributed by atoms with Crippen molar-refractivity contribution in [1.29, 1.82) is 0 Å². The zero-order valence-electron chi connectivity index (χ0n) is 9.51. The molecular weight excluding hydrogens is 208 g/mol. The van der Waals surface area contributed by atoms with Crippen molar-refractivity contribution in [3.05, 3.63) is 0 Å². The van der Waals surface area contributed by atoms with E-state index in [1.165, 1.54) is 0 Å². The predicted octanol–water partition coefficient (Wildman–Crippen LogP) is 0.550. The summed E-state index contributed by atoms with van der Waals surface area (Å²) in [5.41, 5.74) is 0.154. The molecule has 0 unspecified atom stereocenters. The molecule has 6 atom stereocenters. The van der Waals surface area contributed by atoms with Crippen LogP contribution in [0.1, 0.15) is 13.8 Å². The average molecular weight is 224 g/mol. The highest BCUT2D eigenvalue weighted by Crippen LogP contribution is 2.72. The van der Waals surface area contributed by atoms with Gasteiger partial charge in [-0.05, 0) is 0 Å². The molecule has 5 aliphatic rings. The highest BCUT2D eigenvalue weighted by Gasteiger charge is 2.88. The lowest BCUT2D eigenvalue weighted by Crippen LogP contribution is -2.44. The first-order valence-electron chi connectivity index (χ1n) is 6.21. The van der Waals surface area contributed by atoms with Gasteiger partial charge >= 0.3 is 0 Å². The van der Waals surface area contributed by atoms with Gasteiger partial charge in [0.1, 0.15) is 12.2 Å². The first kappa shape index (κ1) is 8.86. The van der Waals surface area contributed by atoms with E-state index in [1.54, 1.807) is 0 Å². The largest absolute Gasteiger partial charge is 0.368 e. The van der Waals surface area contributed by atoms with E-state index in [4.69, 9.17) is 18.9 Å². The van der Waals surface area contributed by atoms with Gasteiger partial charge < -0.3 is 18.9 Å². The molecule has 0 aromatic heterocycles. The minimum atomic E-state index is -0.292. The molecule has 2 bridgehead atoms. The predicted molar refractivity (Wildman–Crippen MR) is 52.7 cm³/mol. The molecule has 4 heteroatoms. The summed E-state index contributed by atoms with van der Waals surface area (Å²) < 4.78 is 23.6. The van der Waals surface area contributed by atoms with E-state index < -0.39 is 0 Å². The van der Waals surface area contributed by atoms with Crippen LogP contribution in [0.15, 0.2) is 0 Å². The second kappa shape index (κ2) is 2.21. The third kappa shape index (κ3) is 0.787. The molecule has 1 spiro atoms. The van der Waals surface area contributed by atoms with E-state index in [0.717, 1.165) is 13.2 Å². The maximum Gasteiger partial charge on any atom is 0.180 e. The Morgan fingerprint density at radius 3 is 1.88 bits per heavy atom. The maximum absolute atomic E-state index is 6.05. The molecule has 1 aliphatic carbocycles. The standard InChI is InChI=1S/C12H16O4/c1-11(2)3-13-12(14-4-11)5-6(12)8-10-9(16-10)7(5)15-8/h5-10H,3-4H2,1-2H3/t5-,6+,7-,8+,9-,10+. The van der Waals surface area contributed by atoms with Crippen LogP contribution in [0.5, 0.6) is 0 Å². The van der Waals surface area contributed by atoms with Gasteiger partial charge in [-0.2, -0.15) is 0 Å². The molecule has 5 fully saturated rings. The van der Waals surface area contributed by atoms with Gasteiger partial charge in [-0.1, -0.05) is 13.8 Å². The first-order valence-corrected chi connectivity index (χ1v) is 6.21. The van der Waals surface area contributed by atoms with Crippen LogP contribution in [0.3, 0.4) is 0 Å². The Balaban J connectivity index is 1.44. The molecule has 0 aromatic carbocycles. The molecule has 4 saturated heterocycles. The van der Waals surface area contributed by atoms with Crippen molar-refractivity contribution in [2.24, 2.45) is 17.3 Å². The Labute approximate surface area is 94.2 Å². The lowest BCUT2D eigenvalue weighted by Gasteiger charge is -2.38. The van der Waals surface area contributed by atoms with Gasteiger partial charge in [0.2, 0.25) is 0 Å². The van der Waals surface area contributed by atoms with E-state index in [0.29, 0.717) is 24.0 Å². The zero-order chi connectivity index (χ0) is 10.7. The highest BCUT2D eigenvalue weighted by atomic mass is 16.7. The van der Waals surface area contributed by atoms with Gasteiger partial charge in [0, 0.05) is 5.41 Å². The third-order valence-electron chi connectivity index (χ3n) is 4.82. The monoisotopic (exact) mass is 224 g/mol. The Bertz CT molecular complexity index is 347. The summed E-state index contributed by atoms with van der Waals surface area (Å²) in [5.74, 6) is 0.592. The van der Waals surface area contributed by atoms with Gasteiger partial charge in [0.05, 0.1) is 37.3 Å². The summed E-state index contributed by atoms with van der Waals surface area (Å²) in [7, 11) is 0. The van der Waals surface area contributed by atoms with Gasteiger partial charge in [-0.15, -0.1) is 0 Å². The lowest BCUT2D eigenvalue weighted by molar-refractivity contribution is -0.276. The normalized spacial score (nSPS) is 61.9. The lowest BCUT2D eigenvalue weighted by atomic mass is 9.95. The summed E-state index contributed by atoms with van der Waals surface area (Å²) >= 11 is 0. The molecule has 0 amide bonds. The van der Waals surface area contributed by atoms with Crippen LogP contribution in [0.25, 0.3) is 0 Å². The fourth-order valence-electron chi connectivity index (χ4n) is 3.92. The van der Waals surface area contributed by atoms with E-state index in [2.05, 4.69) is 13.8 Å². The molecule has 4 heterocycles. The van der Waals surface area contributed by atoms with Gasteiger partial charge in [-0.3, -0.25) is 0 Å². The molecule has 0 radical (unpaired) electrons. The fourth-order valence-corrected chi connectivity index (χ4v) is 3.92. The SMILES string of the molecule is CC1(C)COC2(OC1)[C@@H]1[C@@H]3O[C@@H]([C@H]4O[C@H]43)[C@@H]12. The minimum Gasteiger partial charge on any atom is -0.368 e.